The van der Waals surface area contributed by atoms with Gasteiger partial charge in [0.1, 0.15) is 17.4 Å². The van der Waals surface area contributed by atoms with E-state index in [1.807, 2.05) is 6.07 Å². The number of nitrogens with zero attached hydrogens (tertiary/aromatic N) is 3. The molecular formula is C20H14N4O4. The van der Waals surface area contributed by atoms with Gasteiger partial charge in [0, 0.05) is 35.4 Å². The smallest absolute Gasteiger partial charge is 0.269 e. The number of carbonyl (C=O) groups is 1. The van der Waals surface area contributed by atoms with E-state index >= 15 is 0 Å². The zero-order valence-corrected chi connectivity index (χ0v) is 14.4. The maximum atomic E-state index is 12.4. The number of aromatic nitrogens is 1. The fraction of sp³-hybridized carbons (Fsp3) is 0. The van der Waals surface area contributed by atoms with E-state index < -0.39 is 10.8 Å². The van der Waals surface area contributed by atoms with Gasteiger partial charge >= 0.3 is 0 Å². The fourth-order valence-corrected chi connectivity index (χ4v) is 2.52. The first-order valence-electron chi connectivity index (χ1n) is 8.12. The van der Waals surface area contributed by atoms with E-state index in [0.717, 1.165) is 0 Å². The number of rotatable bonds is 5. The summed E-state index contributed by atoms with van der Waals surface area (Å²) in [7, 11) is 0. The highest BCUT2D eigenvalue weighted by Gasteiger charge is 2.12. The summed E-state index contributed by atoms with van der Waals surface area (Å²) >= 11 is 0. The van der Waals surface area contributed by atoms with Crippen molar-refractivity contribution in [2.75, 3.05) is 5.32 Å². The van der Waals surface area contributed by atoms with Crippen molar-refractivity contribution in [3.8, 4) is 17.5 Å². The number of aromatic hydroxyl groups is 1. The highest BCUT2D eigenvalue weighted by atomic mass is 16.6. The van der Waals surface area contributed by atoms with Gasteiger partial charge < -0.3 is 15.0 Å². The molecule has 0 spiro atoms. The maximum Gasteiger partial charge on any atom is 0.269 e. The molecule has 0 saturated heterocycles. The van der Waals surface area contributed by atoms with E-state index in [1.165, 1.54) is 42.5 Å². The topological polar surface area (TPSA) is 121 Å². The number of non-ortho nitro benzene ring substituents is 1. The number of nitro groups is 1. The minimum Gasteiger partial charge on any atom is -0.508 e. The van der Waals surface area contributed by atoms with Crippen LogP contribution in [-0.4, -0.2) is 20.5 Å². The van der Waals surface area contributed by atoms with Crippen molar-refractivity contribution in [1.82, 2.24) is 4.57 Å². The second kappa shape index (κ2) is 7.88. The molecule has 0 fully saturated rings. The number of amides is 1. The molecule has 3 rings (SSSR count). The van der Waals surface area contributed by atoms with Crippen LogP contribution in [0.25, 0.3) is 11.8 Å². The predicted molar refractivity (Wildman–Crippen MR) is 103 cm³/mol. The van der Waals surface area contributed by atoms with Crippen LogP contribution in [0.2, 0.25) is 0 Å². The monoisotopic (exact) mass is 374 g/mol. The normalized spacial score (nSPS) is 10.9. The first-order chi connectivity index (χ1) is 13.5. The van der Waals surface area contributed by atoms with Gasteiger partial charge in [-0.05, 0) is 54.6 Å². The average Bonchev–Trinajstić information content (AvgIpc) is 3.16. The minimum atomic E-state index is -0.593. The Morgan fingerprint density at radius 1 is 1.14 bits per heavy atom. The van der Waals surface area contributed by atoms with Gasteiger partial charge in [0.15, 0.2) is 0 Å². The molecule has 0 aliphatic carbocycles. The lowest BCUT2D eigenvalue weighted by Crippen LogP contribution is -2.13. The van der Waals surface area contributed by atoms with E-state index in [2.05, 4.69) is 5.32 Å². The zero-order valence-electron chi connectivity index (χ0n) is 14.4. The second-order valence-corrected chi connectivity index (χ2v) is 5.75. The van der Waals surface area contributed by atoms with Crippen molar-refractivity contribution in [3.05, 3.63) is 88.2 Å². The van der Waals surface area contributed by atoms with Crippen molar-refractivity contribution < 1.29 is 14.8 Å². The van der Waals surface area contributed by atoms with Crippen LogP contribution < -0.4 is 5.32 Å². The zero-order chi connectivity index (χ0) is 20.1. The lowest BCUT2D eigenvalue weighted by atomic mass is 10.2. The van der Waals surface area contributed by atoms with Gasteiger partial charge in [-0.2, -0.15) is 5.26 Å². The highest BCUT2D eigenvalue weighted by Crippen LogP contribution is 2.20. The first kappa shape index (κ1) is 18.4. The number of anilines is 1. The van der Waals surface area contributed by atoms with Gasteiger partial charge in [-0.1, -0.05) is 0 Å². The number of hydrogen-bond donors (Lipinski definition) is 2. The number of phenolic OH excluding ortho intramolecular Hbond substituents is 1. The molecule has 2 N–H and O–H groups in total. The van der Waals surface area contributed by atoms with Crippen molar-refractivity contribution in [3.63, 3.8) is 0 Å². The number of nitrogens with one attached hydrogen (secondary N) is 1. The van der Waals surface area contributed by atoms with Gasteiger partial charge in [0.05, 0.1) is 4.92 Å². The Hall–Kier alpha value is -4.38. The molecule has 1 amide bonds. The Balaban J connectivity index is 1.86. The van der Waals surface area contributed by atoms with Crippen molar-refractivity contribution >= 4 is 23.4 Å². The van der Waals surface area contributed by atoms with Crippen LogP contribution in [0.5, 0.6) is 5.75 Å². The van der Waals surface area contributed by atoms with Crippen LogP contribution >= 0.6 is 0 Å². The molecule has 0 radical (unpaired) electrons. The Morgan fingerprint density at radius 3 is 2.43 bits per heavy atom. The molecular weight excluding hydrogens is 360 g/mol. The van der Waals surface area contributed by atoms with E-state index in [-0.39, 0.29) is 17.0 Å². The molecule has 1 aromatic heterocycles. The molecule has 1 heterocycles. The summed E-state index contributed by atoms with van der Waals surface area (Å²) in [4.78, 5) is 22.7. The molecule has 0 aliphatic heterocycles. The van der Waals surface area contributed by atoms with E-state index in [0.29, 0.717) is 17.1 Å². The quantitative estimate of drug-likeness (QED) is 0.232. The molecule has 0 saturated carbocycles. The summed E-state index contributed by atoms with van der Waals surface area (Å²) in [5.41, 5.74) is 1.51. The SMILES string of the molecule is N#CC(=Cc1cccn1-c1ccc([N+](=O)[O-])cc1)C(=O)Nc1ccc(O)cc1. The molecule has 8 heteroatoms. The van der Waals surface area contributed by atoms with Crippen molar-refractivity contribution in [2.45, 2.75) is 0 Å². The Morgan fingerprint density at radius 2 is 1.82 bits per heavy atom. The molecule has 0 unspecified atom stereocenters. The lowest BCUT2D eigenvalue weighted by molar-refractivity contribution is -0.384. The molecule has 28 heavy (non-hydrogen) atoms. The number of hydrogen-bond acceptors (Lipinski definition) is 5. The summed E-state index contributed by atoms with van der Waals surface area (Å²) in [6.07, 6.45) is 3.15. The first-order valence-corrected chi connectivity index (χ1v) is 8.12. The van der Waals surface area contributed by atoms with Crippen LogP contribution in [0.4, 0.5) is 11.4 Å². The molecule has 3 aromatic rings. The third-order valence-corrected chi connectivity index (χ3v) is 3.90. The number of nitro benzene ring substituents is 1. The molecule has 2 aromatic carbocycles. The number of benzene rings is 2. The molecule has 0 bridgehead atoms. The van der Waals surface area contributed by atoms with Crippen LogP contribution in [-0.2, 0) is 4.79 Å². The van der Waals surface area contributed by atoms with Crippen molar-refractivity contribution in [1.29, 1.82) is 5.26 Å². The van der Waals surface area contributed by atoms with Crippen LogP contribution in [0.15, 0.2) is 72.4 Å². The number of carbonyl (C=O) groups excluding carboxylic acids is 1. The molecule has 8 nitrogen and oxygen atoms in total. The Bertz CT molecular complexity index is 1090. The van der Waals surface area contributed by atoms with Gasteiger partial charge in [-0.25, -0.2) is 0 Å². The van der Waals surface area contributed by atoms with Crippen molar-refractivity contribution in [2.24, 2.45) is 0 Å². The molecule has 0 atom stereocenters. The standard InChI is InChI=1S/C20H14N4O4/c21-13-14(20(26)22-15-3-9-19(25)10-4-15)12-18-2-1-11-23(18)16-5-7-17(8-6-16)24(27)28/h1-12,25H,(H,22,26). The largest absolute Gasteiger partial charge is 0.508 e. The molecule has 138 valence electrons. The summed E-state index contributed by atoms with van der Waals surface area (Å²) in [5.74, 6) is -0.528. The predicted octanol–water partition coefficient (Wildman–Crippen LogP) is 3.64. The second-order valence-electron chi connectivity index (χ2n) is 5.75. The van der Waals surface area contributed by atoms with E-state index in [9.17, 15) is 25.3 Å². The third-order valence-electron chi connectivity index (χ3n) is 3.90. The van der Waals surface area contributed by atoms with Crippen LogP contribution in [0, 0.1) is 21.4 Å². The Labute approximate surface area is 159 Å². The third kappa shape index (κ3) is 4.05. The van der Waals surface area contributed by atoms with Gasteiger partial charge in [0.25, 0.3) is 11.6 Å². The van der Waals surface area contributed by atoms with Gasteiger partial charge in [-0.15, -0.1) is 0 Å². The van der Waals surface area contributed by atoms with Gasteiger partial charge in [0.2, 0.25) is 0 Å². The van der Waals surface area contributed by atoms with Gasteiger partial charge in [-0.3, -0.25) is 14.9 Å². The molecule has 0 aliphatic rings. The summed E-state index contributed by atoms with van der Waals surface area (Å²) in [6, 6.07) is 17.1. The fourth-order valence-electron chi connectivity index (χ4n) is 2.52. The summed E-state index contributed by atoms with van der Waals surface area (Å²) in [5, 5.41) is 32.0. The minimum absolute atomic E-state index is 0.0287. The van der Waals surface area contributed by atoms with Crippen LogP contribution in [0.1, 0.15) is 5.69 Å². The lowest BCUT2D eigenvalue weighted by Gasteiger charge is -2.08. The van der Waals surface area contributed by atoms with E-state index in [1.54, 1.807) is 35.0 Å². The van der Waals surface area contributed by atoms with E-state index in [4.69, 9.17) is 0 Å². The number of phenols is 1. The maximum absolute atomic E-state index is 12.4. The Kier molecular flexibility index (Phi) is 5.18. The average molecular weight is 374 g/mol. The number of nitriles is 1. The highest BCUT2D eigenvalue weighted by molar-refractivity contribution is 6.09. The summed E-state index contributed by atoms with van der Waals surface area (Å²) in [6.45, 7) is 0. The van der Waals surface area contributed by atoms with Crippen LogP contribution in [0.3, 0.4) is 0 Å². The summed E-state index contributed by atoms with van der Waals surface area (Å²) < 4.78 is 1.70.